The van der Waals surface area contributed by atoms with Crippen LogP contribution in [0.1, 0.15) is 16.7 Å². The number of hydrogen-bond donors (Lipinski definition) is 1. The van der Waals surface area contributed by atoms with Gasteiger partial charge in [-0.3, -0.25) is 0 Å². The minimum absolute atomic E-state index is 0.335. The van der Waals surface area contributed by atoms with Crippen molar-refractivity contribution in [2.45, 2.75) is 13.5 Å². The van der Waals surface area contributed by atoms with E-state index in [0.717, 1.165) is 17.2 Å². The van der Waals surface area contributed by atoms with Crippen molar-refractivity contribution in [2.24, 2.45) is 0 Å². The van der Waals surface area contributed by atoms with Crippen molar-refractivity contribution in [1.82, 2.24) is 4.98 Å². The molecule has 1 N–H and O–H groups in total. The lowest BCUT2D eigenvalue weighted by Crippen LogP contribution is -1.97. The van der Waals surface area contributed by atoms with Crippen LogP contribution in [0.4, 0.5) is 0 Å². The summed E-state index contributed by atoms with van der Waals surface area (Å²) in [5.74, 6) is 0.448. The molecule has 0 bridgehead atoms. The van der Waals surface area contributed by atoms with Crippen LogP contribution in [0.5, 0.6) is 17.4 Å². The average molecular weight is 430 g/mol. The van der Waals surface area contributed by atoms with E-state index in [4.69, 9.17) is 37.8 Å². The molecule has 0 unspecified atom stereocenters. The van der Waals surface area contributed by atoms with E-state index >= 15 is 0 Å². The van der Waals surface area contributed by atoms with Crippen LogP contribution in [0.25, 0.3) is 6.08 Å². The SMILES string of the molecule is Cc1cc(/C=C/C(=O)O)c(Cl)cc1Oc1ccc(OCc2ccccc2Cl)cn1. The van der Waals surface area contributed by atoms with Crippen LogP contribution in [-0.2, 0) is 11.4 Å². The van der Waals surface area contributed by atoms with Crippen molar-refractivity contribution in [2.75, 3.05) is 0 Å². The quantitative estimate of drug-likeness (QED) is 0.455. The van der Waals surface area contributed by atoms with Crippen LogP contribution in [0, 0.1) is 6.92 Å². The van der Waals surface area contributed by atoms with Crippen LogP contribution in [0.2, 0.25) is 10.0 Å². The van der Waals surface area contributed by atoms with E-state index < -0.39 is 5.97 Å². The van der Waals surface area contributed by atoms with Gasteiger partial charge in [-0.05, 0) is 42.3 Å². The Morgan fingerprint density at radius 2 is 1.93 bits per heavy atom. The van der Waals surface area contributed by atoms with Crippen molar-refractivity contribution in [3.05, 3.63) is 87.5 Å². The molecule has 3 rings (SSSR count). The lowest BCUT2D eigenvalue weighted by atomic mass is 10.1. The molecule has 0 saturated carbocycles. The molecule has 1 heterocycles. The first-order chi connectivity index (χ1) is 13.9. The van der Waals surface area contributed by atoms with E-state index in [1.54, 1.807) is 30.5 Å². The van der Waals surface area contributed by atoms with Gasteiger partial charge in [-0.15, -0.1) is 0 Å². The fourth-order valence-electron chi connectivity index (χ4n) is 2.49. The molecule has 0 saturated heterocycles. The van der Waals surface area contributed by atoms with Crippen LogP contribution in [0.3, 0.4) is 0 Å². The number of carboxylic acids is 1. The second-order valence-electron chi connectivity index (χ2n) is 6.13. The van der Waals surface area contributed by atoms with E-state index in [0.29, 0.717) is 39.6 Å². The zero-order chi connectivity index (χ0) is 20.8. The third kappa shape index (κ3) is 5.73. The van der Waals surface area contributed by atoms with Crippen molar-refractivity contribution < 1.29 is 19.4 Å². The predicted octanol–water partition coefficient (Wildman–Crippen LogP) is 6.17. The predicted molar refractivity (Wildman–Crippen MR) is 113 cm³/mol. The molecule has 0 spiro atoms. The van der Waals surface area contributed by atoms with Crippen molar-refractivity contribution in [3.8, 4) is 17.4 Å². The monoisotopic (exact) mass is 429 g/mol. The molecule has 0 atom stereocenters. The molecule has 7 heteroatoms. The molecule has 0 amide bonds. The van der Waals surface area contributed by atoms with Gasteiger partial charge in [0.15, 0.2) is 0 Å². The largest absolute Gasteiger partial charge is 0.487 e. The number of rotatable bonds is 7. The summed E-state index contributed by atoms with van der Waals surface area (Å²) in [7, 11) is 0. The zero-order valence-electron chi connectivity index (χ0n) is 15.4. The lowest BCUT2D eigenvalue weighted by Gasteiger charge is -2.11. The summed E-state index contributed by atoms with van der Waals surface area (Å²) in [5, 5.41) is 9.77. The Morgan fingerprint density at radius 1 is 1.14 bits per heavy atom. The van der Waals surface area contributed by atoms with Gasteiger partial charge in [0.1, 0.15) is 18.1 Å². The fourth-order valence-corrected chi connectivity index (χ4v) is 2.89. The van der Waals surface area contributed by atoms with Gasteiger partial charge in [0.2, 0.25) is 5.88 Å². The van der Waals surface area contributed by atoms with Crippen LogP contribution in [0.15, 0.2) is 60.8 Å². The third-order valence-electron chi connectivity index (χ3n) is 3.98. The molecule has 2 aromatic carbocycles. The summed E-state index contributed by atoms with van der Waals surface area (Å²) >= 11 is 12.3. The minimum atomic E-state index is -1.04. The lowest BCUT2D eigenvalue weighted by molar-refractivity contribution is -0.131. The molecule has 1 aromatic heterocycles. The number of pyridine rings is 1. The number of ether oxygens (including phenoxy) is 2. The Bertz CT molecular complexity index is 1050. The van der Waals surface area contributed by atoms with E-state index in [-0.39, 0.29) is 0 Å². The van der Waals surface area contributed by atoms with E-state index in [9.17, 15) is 4.79 Å². The number of aryl methyl sites for hydroxylation is 1. The summed E-state index contributed by atoms with van der Waals surface area (Å²) < 4.78 is 11.5. The number of halogens is 2. The Morgan fingerprint density at radius 3 is 2.62 bits per heavy atom. The zero-order valence-corrected chi connectivity index (χ0v) is 16.9. The van der Waals surface area contributed by atoms with E-state index in [1.807, 2.05) is 31.2 Å². The second kappa shape index (κ2) is 9.45. The van der Waals surface area contributed by atoms with Gasteiger partial charge in [-0.2, -0.15) is 0 Å². The fraction of sp³-hybridized carbons (Fsp3) is 0.0909. The molecular formula is C22H17Cl2NO4. The van der Waals surface area contributed by atoms with Gasteiger partial charge in [0.25, 0.3) is 0 Å². The number of carbonyl (C=O) groups is 1. The Kier molecular flexibility index (Phi) is 6.75. The summed E-state index contributed by atoms with van der Waals surface area (Å²) in [6.45, 7) is 2.17. The normalized spacial score (nSPS) is 10.9. The number of carboxylic acid groups (broad SMARTS) is 1. The number of benzene rings is 2. The number of aromatic nitrogens is 1. The topological polar surface area (TPSA) is 68.7 Å². The van der Waals surface area contributed by atoms with Crippen molar-refractivity contribution >= 4 is 35.2 Å². The molecule has 3 aromatic rings. The van der Waals surface area contributed by atoms with Gasteiger partial charge < -0.3 is 14.6 Å². The molecular weight excluding hydrogens is 413 g/mol. The summed E-state index contributed by atoms with van der Waals surface area (Å²) in [6, 6.07) is 14.3. The van der Waals surface area contributed by atoms with Crippen molar-refractivity contribution in [1.29, 1.82) is 0 Å². The van der Waals surface area contributed by atoms with Gasteiger partial charge >= 0.3 is 5.97 Å². The molecule has 29 heavy (non-hydrogen) atoms. The van der Waals surface area contributed by atoms with Crippen molar-refractivity contribution in [3.63, 3.8) is 0 Å². The second-order valence-corrected chi connectivity index (χ2v) is 6.94. The Hall–Kier alpha value is -3.02. The number of nitrogens with zero attached hydrogens (tertiary/aromatic N) is 1. The number of hydrogen-bond acceptors (Lipinski definition) is 4. The smallest absolute Gasteiger partial charge is 0.328 e. The molecule has 0 radical (unpaired) electrons. The molecule has 0 fully saturated rings. The maximum Gasteiger partial charge on any atom is 0.328 e. The van der Waals surface area contributed by atoms with E-state index in [2.05, 4.69) is 4.98 Å². The minimum Gasteiger partial charge on any atom is -0.487 e. The standard InChI is InChI=1S/C22H17Cl2NO4/c1-14-10-15(6-9-22(26)27)19(24)11-20(14)29-21-8-7-17(12-25-21)28-13-16-4-2-3-5-18(16)23/h2-12H,13H2,1H3,(H,26,27)/b9-6+. The summed E-state index contributed by atoms with van der Waals surface area (Å²) in [6.07, 6.45) is 4.03. The number of aliphatic carboxylic acids is 1. The summed E-state index contributed by atoms with van der Waals surface area (Å²) in [5.41, 5.74) is 2.27. The highest BCUT2D eigenvalue weighted by Gasteiger charge is 2.08. The first kappa shape index (κ1) is 20.7. The highest BCUT2D eigenvalue weighted by molar-refractivity contribution is 6.32. The van der Waals surface area contributed by atoms with Gasteiger partial charge in [0.05, 0.1) is 11.2 Å². The van der Waals surface area contributed by atoms with Crippen LogP contribution >= 0.6 is 23.2 Å². The highest BCUT2D eigenvalue weighted by atomic mass is 35.5. The first-order valence-corrected chi connectivity index (χ1v) is 9.39. The van der Waals surface area contributed by atoms with Crippen LogP contribution in [-0.4, -0.2) is 16.1 Å². The Labute approximate surface area is 178 Å². The van der Waals surface area contributed by atoms with Gasteiger partial charge in [0, 0.05) is 28.8 Å². The highest BCUT2D eigenvalue weighted by Crippen LogP contribution is 2.31. The van der Waals surface area contributed by atoms with Gasteiger partial charge in [-0.1, -0.05) is 41.4 Å². The first-order valence-electron chi connectivity index (χ1n) is 8.63. The van der Waals surface area contributed by atoms with Crippen LogP contribution < -0.4 is 9.47 Å². The molecule has 0 aliphatic heterocycles. The molecule has 148 valence electrons. The molecule has 0 aliphatic carbocycles. The Balaban J connectivity index is 1.67. The average Bonchev–Trinajstić information content (AvgIpc) is 2.70. The third-order valence-corrected chi connectivity index (χ3v) is 4.67. The summed E-state index contributed by atoms with van der Waals surface area (Å²) in [4.78, 5) is 14.9. The van der Waals surface area contributed by atoms with E-state index in [1.165, 1.54) is 6.08 Å². The van der Waals surface area contributed by atoms with Gasteiger partial charge in [-0.25, -0.2) is 9.78 Å². The maximum absolute atomic E-state index is 10.7. The molecule has 5 nitrogen and oxygen atoms in total. The maximum atomic E-state index is 10.7. The molecule has 0 aliphatic rings.